The van der Waals surface area contributed by atoms with Gasteiger partial charge in [-0.3, -0.25) is 4.79 Å². The summed E-state index contributed by atoms with van der Waals surface area (Å²) in [5.74, 6) is -1.39. The quantitative estimate of drug-likeness (QED) is 0.582. The van der Waals surface area contributed by atoms with E-state index in [4.69, 9.17) is 28.3 Å². The van der Waals surface area contributed by atoms with E-state index in [9.17, 15) is 31.1 Å². The summed E-state index contributed by atoms with van der Waals surface area (Å²) < 4.78 is 75.5. The highest BCUT2D eigenvalue weighted by Gasteiger charge is 2.70. The Balaban J connectivity index is 5.37. The molecule has 0 aliphatic carbocycles. The second kappa shape index (κ2) is 5.79. The molecular weight excluding hydrogens is 337 g/mol. The molecule has 120 valence electrons. The molecule has 0 aliphatic rings. The number of alkyl halides is 8. The minimum absolute atomic E-state index is 0.691. The second-order valence-electron chi connectivity index (χ2n) is 5.03. The molecule has 0 saturated heterocycles. The molecule has 0 aliphatic heterocycles. The van der Waals surface area contributed by atoms with Crippen LogP contribution in [0, 0.1) is 5.41 Å². The van der Waals surface area contributed by atoms with E-state index in [0.29, 0.717) is 0 Å². The lowest BCUT2D eigenvalue weighted by Crippen LogP contribution is -2.54. The van der Waals surface area contributed by atoms with Gasteiger partial charge in [0, 0.05) is 11.8 Å². The van der Waals surface area contributed by atoms with Crippen LogP contribution in [-0.4, -0.2) is 33.7 Å². The minimum atomic E-state index is -5.76. The van der Waals surface area contributed by atoms with Crippen molar-refractivity contribution in [3.63, 3.8) is 0 Å². The van der Waals surface area contributed by atoms with Gasteiger partial charge in [0.05, 0.1) is 6.42 Å². The van der Waals surface area contributed by atoms with Crippen LogP contribution in [-0.2, 0) is 4.79 Å². The Labute approximate surface area is 121 Å². The van der Waals surface area contributed by atoms with Crippen molar-refractivity contribution in [2.75, 3.05) is 0 Å². The summed E-state index contributed by atoms with van der Waals surface area (Å²) in [6, 6.07) is 0. The van der Waals surface area contributed by atoms with E-state index in [0.717, 1.165) is 13.8 Å². The van der Waals surface area contributed by atoms with E-state index in [1.807, 2.05) is 0 Å². The average molecular weight is 349 g/mol. The van der Waals surface area contributed by atoms with Crippen molar-refractivity contribution in [3.05, 3.63) is 0 Å². The molecule has 0 spiro atoms. The Bertz CT molecular complexity index is 350. The molecule has 0 bridgehead atoms. The molecule has 10 heteroatoms. The molecule has 0 aromatic carbocycles. The van der Waals surface area contributed by atoms with E-state index in [2.05, 4.69) is 0 Å². The summed E-state index contributed by atoms with van der Waals surface area (Å²) in [4.78, 5) is 6.03. The smallest absolute Gasteiger partial charge is 0.416 e. The predicted molar refractivity (Wildman–Crippen MR) is 61.0 cm³/mol. The van der Waals surface area contributed by atoms with Gasteiger partial charge in [-0.2, -0.15) is 26.3 Å². The highest BCUT2D eigenvalue weighted by atomic mass is 35.5. The first-order chi connectivity index (χ1) is 8.54. The Kier molecular flexibility index (Phi) is 5.68. The first kappa shape index (κ1) is 19.6. The third-order valence-electron chi connectivity index (χ3n) is 2.81. The highest BCUT2D eigenvalue weighted by Crippen LogP contribution is 2.53. The summed E-state index contributed by atoms with van der Waals surface area (Å²) in [5.41, 5.74) is -1.50. The summed E-state index contributed by atoms with van der Waals surface area (Å²) >= 11 is 10.3. The molecule has 0 amide bonds. The van der Waals surface area contributed by atoms with Crippen LogP contribution in [0.5, 0.6) is 0 Å². The molecule has 20 heavy (non-hydrogen) atoms. The summed E-state index contributed by atoms with van der Waals surface area (Å²) in [7, 11) is 0. The number of rotatable bonds is 5. The molecule has 0 saturated carbocycles. The van der Waals surface area contributed by atoms with Gasteiger partial charge in [0.25, 0.3) is 0 Å². The van der Waals surface area contributed by atoms with Crippen molar-refractivity contribution in [1.29, 1.82) is 0 Å². The maximum atomic E-state index is 12.6. The highest BCUT2D eigenvalue weighted by molar-refractivity contribution is 6.27. The molecule has 1 N–H and O–H groups in total. The van der Waals surface area contributed by atoms with Gasteiger partial charge in [-0.05, 0) is 5.41 Å². The zero-order chi connectivity index (χ0) is 16.6. The lowest BCUT2D eigenvalue weighted by molar-refractivity contribution is -0.270. The molecule has 0 heterocycles. The molecular formula is C10H12Cl2F6O2. The fraction of sp³-hybridized carbons (Fsp3) is 0.900. The standard InChI is InChI=1S/C10H12Cl2F6O2/c1-7(2,4-6(19)20)5(11)3-8(12,9(13,14)15)10(16,17)18/h5H,3-4H2,1-2H3,(H,19,20). The summed E-state index contributed by atoms with van der Waals surface area (Å²) in [5, 5.41) is 6.84. The second-order valence-corrected chi connectivity index (χ2v) is 6.20. The van der Waals surface area contributed by atoms with Crippen LogP contribution < -0.4 is 0 Å². The first-order valence-corrected chi connectivity index (χ1v) is 6.04. The van der Waals surface area contributed by atoms with Crippen LogP contribution in [0.2, 0.25) is 0 Å². The zero-order valence-corrected chi connectivity index (χ0v) is 11.9. The third-order valence-corrected chi connectivity index (χ3v) is 4.14. The topological polar surface area (TPSA) is 37.3 Å². The average Bonchev–Trinajstić information content (AvgIpc) is 2.11. The zero-order valence-electron chi connectivity index (χ0n) is 10.4. The van der Waals surface area contributed by atoms with Crippen molar-refractivity contribution in [2.24, 2.45) is 5.41 Å². The fourth-order valence-electron chi connectivity index (χ4n) is 1.42. The van der Waals surface area contributed by atoms with Crippen LogP contribution in [0.15, 0.2) is 0 Å². The maximum Gasteiger partial charge on any atom is 0.416 e. The molecule has 2 nitrogen and oxygen atoms in total. The van der Waals surface area contributed by atoms with Crippen LogP contribution in [0.3, 0.4) is 0 Å². The van der Waals surface area contributed by atoms with E-state index in [1.165, 1.54) is 0 Å². The number of hydrogen-bond donors (Lipinski definition) is 1. The van der Waals surface area contributed by atoms with Gasteiger partial charge >= 0.3 is 18.3 Å². The Morgan fingerprint density at radius 3 is 1.70 bits per heavy atom. The Morgan fingerprint density at radius 2 is 1.45 bits per heavy atom. The van der Waals surface area contributed by atoms with Gasteiger partial charge in [-0.1, -0.05) is 25.4 Å². The first-order valence-electron chi connectivity index (χ1n) is 5.23. The monoisotopic (exact) mass is 348 g/mol. The lowest BCUT2D eigenvalue weighted by Gasteiger charge is -2.37. The van der Waals surface area contributed by atoms with Gasteiger partial charge < -0.3 is 5.11 Å². The number of halogens is 8. The van der Waals surface area contributed by atoms with Crippen molar-refractivity contribution < 1.29 is 36.2 Å². The van der Waals surface area contributed by atoms with E-state index in [1.54, 1.807) is 0 Å². The van der Waals surface area contributed by atoms with Crippen LogP contribution in [0.4, 0.5) is 26.3 Å². The van der Waals surface area contributed by atoms with Gasteiger partial charge in [0.2, 0.25) is 4.87 Å². The van der Waals surface area contributed by atoms with Crippen molar-refractivity contribution in [3.8, 4) is 0 Å². The van der Waals surface area contributed by atoms with Crippen molar-refractivity contribution in [1.82, 2.24) is 0 Å². The number of carbonyl (C=O) groups is 1. The van der Waals surface area contributed by atoms with E-state index in [-0.39, 0.29) is 0 Å². The largest absolute Gasteiger partial charge is 0.481 e. The van der Waals surface area contributed by atoms with Gasteiger partial charge in [0.1, 0.15) is 0 Å². The van der Waals surface area contributed by atoms with Crippen LogP contribution in [0.25, 0.3) is 0 Å². The molecule has 1 atom stereocenters. The number of carboxylic acid groups (broad SMARTS) is 1. The molecule has 1 unspecified atom stereocenters. The molecule has 0 aromatic rings. The summed E-state index contributed by atoms with van der Waals surface area (Å²) in [6.07, 6.45) is -13.9. The van der Waals surface area contributed by atoms with Crippen molar-refractivity contribution in [2.45, 2.75) is 49.3 Å². The molecule has 0 rings (SSSR count). The predicted octanol–water partition coefficient (Wildman–Crippen LogP) is 4.59. The van der Waals surface area contributed by atoms with E-state index < -0.39 is 46.8 Å². The van der Waals surface area contributed by atoms with Gasteiger partial charge in [-0.25, -0.2) is 0 Å². The SMILES string of the molecule is CC(C)(CC(=O)O)C(Cl)CC(Cl)(C(F)(F)F)C(F)(F)F. The fourth-order valence-corrected chi connectivity index (χ4v) is 1.96. The summed E-state index contributed by atoms with van der Waals surface area (Å²) in [6.45, 7) is 2.31. The maximum absolute atomic E-state index is 12.6. The molecule has 0 aromatic heterocycles. The minimum Gasteiger partial charge on any atom is -0.481 e. The third kappa shape index (κ3) is 4.31. The van der Waals surface area contributed by atoms with Gasteiger partial charge in [0.15, 0.2) is 0 Å². The van der Waals surface area contributed by atoms with Crippen LogP contribution in [0.1, 0.15) is 26.7 Å². The Hall–Kier alpha value is -0.370. The molecule has 0 fully saturated rings. The molecule has 0 radical (unpaired) electrons. The number of hydrogen-bond acceptors (Lipinski definition) is 1. The number of carboxylic acids is 1. The van der Waals surface area contributed by atoms with Crippen LogP contribution >= 0.6 is 23.2 Å². The van der Waals surface area contributed by atoms with Crippen molar-refractivity contribution >= 4 is 29.2 Å². The lowest BCUT2D eigenvalue weighted by atomic mass is 9.80. The Morgan fingerprint density at radius 1 is 1.10 bits per heavy atom. The van der Waals surface area contributed by atoms with E-state index >= 15 is 0 Å². The normalized spacial score (nSPS) is 16.1. The van der Waals surface area contributed by atoms with Gasteiger partial charge in [-0.15, -0.1) is 11.6 Å². The number of aliphatic carboxylic acids is 1.